The van der Waals surface area contributed by atoms with Crippen LogP contribution in [0.15, 0.2) is 22.7 Å². The number of halogens is 1. The minimum Gasteiger partial charge on any atom is -0.385 e. The highest BCUT2D eigenvalue weighted by Crippen LogP contribution is 2.21. The van der Waals surface area contributed by atoms with Gasteiger partial charge in [-0.3, -0.25) is 0 Å². The Hall–Kier alpha value is -1.05. The number of hydrogen-bond donors (Lipinski definition) is 1. The molecule has 1 aromatic carbocycles. The zero-order valence-electron chi connectivity index (χ0n) is 9.58. The van der Waals surface area contributed by atoms with E-state index in [0.717, 1.165) is 29.7 Å². The van der Waals surface area contributed by atoms with Gasteiger partial charge in [-0.15, -0.1) is 0 Å². The summed E-state index contributed by atoms with van der Waals surface area (Å²) in [4.78, 5) is 0. The Morgan fingerprint density at radius 2 is 2.41 bits per heavy atom. The number of rotatable bonds is 4. The summed E-state index contributed by atoms with van der Waals surface area (Å²) in [6.45, 7) is 1.82. The molecule has 1 heterocycles. The van der Waals surface area contributed by atoms with Gasteiger partial charge in [-0.05, 0) is 53.4 Å². The summed E-state index contributed by atoms with van der Waals surface area (Å²) in [5.74, 6) is 0. The van der Waals surface area contributed by atoms with Crippen LogP contribution in [0.1, 0.15) is 24.8 Å². The van der Waals surface area contributed by atoms with E-state index < -0.39 is 0 Å². The van der Waals surface area contributed by atoms with E-state index in [1.807, 2.05) is 18.2 Å². The fraction of sp³-hybridized carbons (Fsp3) is 0.462. The molecular formula is C13H15BrN2O. The molecule has 0 aromatic heterocycles. The molecule has 17 heavy (non-hydrogen) atoms. The summed E-state index contributed by atoms with van der Waals surface area (Å²) in [7, 11) is 0. The molecule has 3 nitrogen and oxygen atoms in total. The first-order chi connectivity index (χ1) is 8.29. The lowest BCUT2D eigenvalue weighted by molar-refractivity contribution is 0.107. The topological polar surface area (TPSA) is 45.0 Å². The van der Waals surface area contributed by atoms with Gasteiger partial charge in [0.2, 0.25) is 0 Å². The molecule has 1 N–H and O–H groups in total. The van der Waals surface area contributed by atoms with Crippen molar-refractivity contribution in [3.05, 3.63) is 28.2 Å². The molecule has 90 valence electrons. The maximum atomic E-state index is 8.81. The van der Waals surface area contributed by atoms with Crippen LogP contribution >= 0.6 is 15.9 Å². The van der Waals surface area contributed by atoms with E-state index >= 15 is 0 Å². The minimum atomic E-state index is 0.421. The van der Waals surface area contributed by atoms with Gasteiger partial charge in [-0.2, -0.15) is 5.26 Å². The number of nitrogens with one attached hydrogen (secondary N) is 1. The highest BCUT2D eigenvalue weighted by molar-refractivity contribution is 9.10. The summed E-state index contributed by atoms with van der Waals surface area (Å²) in [6.07, 6.45) is 3.83. The van der Waals surface area contributed by atoms with E-state index in [-0.39, 0.29) is 0 Å². The van der Waals surface area contributed by atoms with Crippen molar-refractivity contribution in [1.82, 2.24) is 0 Å². The van der Waals surface area contributed by atoms with Crippen molar-refractivity contribution in [2.45, 2.75) is 25.4 Å². The van der Waals surface area contributed by atoms with Crippen LogP contribution < -0.4 is 5.32 Å². The van der Waals surface area contributed by atoms with E-state index in [2.05, 4.69) is 27.3 Å². The first kappa shape index (κ1) is 12.4. The van der Waals surface area contributed by atoms with Crippen LogP contribution in [0.4, 0.5) is 5.69 Å². The molecule has 2 rings (SSSR count). The summed E-state index contributed by atoms with van der Waals surface area (Å²) in [6, 6.07) is 7.81. The average molecular weight is 295 g/mol. The zero-order chi connectivity index (χ0) is 12.1. The fourth-order valence-electron chi connectivity index (χ4n) is 1.97. The molecule has 4 heteroatoms. The van der Waals surface area contributed by atoms with Crippen LogP contribution in [-0.2, 0) is 4.74 Å². The first-order valence-corrected chi connectivity index (χ1v) is 6.64. The normalized spacial score (nSPS) is 18.9. The molecule has 1 fully saturated rings. The van der Waals surface area contributed by atoms with E-state index in [1.54, 1.807) is 0 Å². The van der Waals surface area contributed by atoms with Crippen molar-refractivity contribution in [3.63, 3.8) is 0 Å². The molecular weight excluding hydrogens is 280 g/mol. The molecule has 0 radical (unpaired) electrons. The number of ether oxygens (including phenoxy) is 1. The van der Waals surface area contributed by atoms with E-state index in [0.29, 0.717) is 11.7 Å². The summed E-state index contributed by atoms with van der Waals surface area (Å²) in [5.41, 5.74) is 1.70. The second-order valence-corrected chi connectivity index (χ2v) is 5.01. The van der Waals surface area contributed by atoms with Crippen LogP contribution in [0.2, 0.25) is 0 Å². The second-order valence-electron chi connectivity index (χ2n) is 4.16. The van der Waals surface area contributed by atoms with Gasteiger partial charge in [0.25, 0.3) is 0 Å². The predicted octanol–water partition coefficient (Wildman–Crippen LogP) is 3.30. The molecule has 1 aromatic rings. The Bertz CT molecular complexity index is 422. The van der Waals surface area contributed by atoms with Crippen molar-refractivity contribution in [3.8, 4) is 6.07 Å². The van der Waals surface area contributed by atoms with Crippen molar-refractivity contribution < 1.29 is 4.74 Å². The standard InChI is InChI=1S/C13H15BrN2O/c14-13-8-11(4-3-10(13)9-15)16-6-5-12-2-1-7-17-12/h3-4,8,12,16H,1-2,5-7H2. The number of hydrogen-bond acceptors (Lipinski definition) is 3. The fourth-order valence-corrected chi connectivity index (χ4v) is 2.43. The molecule has 0 saturated carbocycles. The van der Waals surface area contributed by atoms with Gasteiger partial charge in [0.15, 0.2) is 0 Å². The van der Waals surface area contributed by atoms with Crippen molar-refractivity contribution >= 4 is 21.6 Å². The Morgan fingerprint density at radius 3 is 3.06 bits per heavy atom. The average Bonchev–Trinajstić information content (AvgIpc) is 2.82. The van der Waals surface area contributed by atoms with Crippen LogP contribution in [0, 0.1) is 11.3 Å². The third kappa shape index (κ3) is 3.45. The highest BCUT2D eigenvalue weighted by atomic mass is 79.9. The molecule has 0 bridgehead atoms. The van der Waals surface area contributed by atoms with Crippen LogP contribution in [0.5, 0.6) is 0 Å². The van der Waals surface area contributed by atoms with Crippen molar-refractivity contribution in [2.24, 2.45) is 0 Å². The Kier molecular flexibility index (Phi) is 4.41. The number of nitriles is 1. The van der Waals surface area contributed by atoms with Crippen molar-refractivity contribution in [2.75, 3.05) is 18.5 Å². The summed E-state index contributed by atoms with van der Waals surface area (Å²) < 4.78 is 6.39. The molecule has 1 atom stereocenters. The third-order valence-electron chi connectivity index (χ3n) is 2.91. The SMILES string of the molecule is N#Cc1ccc(NCCC2CCCO2)cc1Br. The molecule has 0 aliphatic carbocycles. The third-order valence-corrected chi connectivity index (χ3v) is 3.57. The second kappa shape index (κ2) is 6.04. The molecule has 1 aliphatic rings. The van der Waals surface area contributed by atoms with Gasteiger partial charge in [0.1, 0.15) is 6.07 Å². The van der Waals surface area contributed by atoms with Crippen LogP contribution in [0.25, 0.3) is 0 Å². The minimum absolute atomic E-state index is 0.421. The Labute approximate surface area is 110 Å². The lowest BCUT2D eigenvalue weighted by Gasteiger charge is -2.11. The van der Waals surface area contributed by atoms with Gasteiger partial charge in [0.05, 0.1) is 11.7 Å². The van der Waals surface area contributed by atoms with Gasteiger partial charge in [-0.1, -0.05) is 0 Å². The maximum absolute atomic E-state index is 8.81. The van der Waals surface area contributed by atoms with E-state index in [1.165, 1.54) is 12.8 Å². The Morgan fingerprint density at radius 1 is 1.53 bits per heavy atom. The highest BCUT2D eigenvalue weighted by Gasteiger charge is 2.14. The zero-order valence-corrected chi connectivity index (χ0v) is 11.2. The first-order valence-electron chi connectivity index (χ1n) is 5.85. The van der Waals surface area contributed by atoms with E-state index in [9.17, 15) is 0 Å². The molecule has 0 spiro atoms. The van der Waals surface area contributed by atoms with Crippen LogP contribution in [0.3, 0.4) is 0 Å². The smallest absolute Gasteiger partial charge is 0.100 e. The number of anilines is 1. The van der Waals surface area contributed by atoms with Gasteiger partial charge in [-0.25, -0.2) is 0 Å². The van der Waals surface area contributed by atoms with Gasteiger partial charge in [0, 0.05) is 23.3 Å². The molecule has 0 amide bonds. The lowest BCUT2D eigenvalue weighted by Crippen LogP contribution is -2.12. The maximum Gasteiger partial charge on any atom is 0.100 e. The largest absolute Gasteiger partial charge is 0.385 e. The summed E-state index contributed by atoms with van der Waals surface area (Å²) in [5, 5.41) is 12.2. The summed E-state index contributed by atoms with van der Waals surface area (Å²) >= 11 is 3.38. The van der Waals surface area contributed by atoms with Crippen LogP contribution in [-0.4, -0.2) is 19.3 Å². The number of benzene rings is 1. The van der Waals surface area contributed by atoms with Gasteiger partial charge < -0.3 is 10.1 Å². The van der Waals surface area contributed by atoms with Crippen molar-refractivity contribution in [1.29, 1.82) is 5.26 Å². The van der Waals surface area contributed by atoms with E-state index in [4.69, 9.17) is 10.00 Å². The lowest BCUT2D eigenvalue weighted by atomic mass is 10.2. The Balaban J connectivity index is 1.82. The molecule has 1 unspecified atom stereocenters. The monoisotopic (exact) mass is 294 g/mol. The predicted molar refractivity (Wildman–Crippen MR) is 70.9 cm³/mol. The van der Waals surface area contributed by atoms with Gasteiger partial charge >= 0.3 is 0 Å². The molecule has 1 saturated heterocycles. The quantitative estimate of drug-likeness (QED) is 0.927. The number of nitrogens with zero attached hydrogens (tertiary/aromatic N) is 1. The molecule has 1 aliphatic heterocycles.